The first-order chi connectivity index (χ1) is 13.1. The van der Waals surface area contributed by atoms with Crippen molar-refractivity contribution in [3.05, 3.63) is 53.6 Å². The lowest BCUT2D eigenvalue weighted by molar-refractivity contribution is 0.325. The van der Waals surface area contributed by atoms with E-state index < -0.39 is 11.6 Å². The van der Waals surface area contributed by atoms with Gasteiger partial charge < -0.3 is 4.74 Å². The highest BCUT2D eigenvalue weighted by Gasteiger charge is 2.44. The first-order valence-electron chi connectivity index (χ1n) is 10.3. The molecule has 0 spiro atoms. The zero-order valence-corrected chi connectivity index (χ0v) is 16.2. The Bertz CT molecular complexity index is 799. The van der Waals surface area contributed by atoms with E-state index in [1.165, 1.54) is 57.3 Å². The monoisotopic (exact) mass is 370 g/mol. The first kappa shape index (κ1) is 18.5. The average Bonchev–Trinajstić information content (AvgIpc) is 3.28. The number of rotatable bonds is 5. The number of ether oxygens (including phenoxy) is 1. The third kappa shape index (κ3) is 3.26. The standard InChI is InChI=1S/C24H28F2O/c1-3-4-15-9-10-21-18(15)11-12-19(21)16-5-7-17(8-6-16)20-13-14-22(27-2)24(26)23(20)25/h5-8,13-15,18-19,21H,3-4,9-12H2,1-2H3. The molecule has 0 bridgehead atoms. The van der Waals surface area contributed by atoms with Crippen molar-refractivity contribution in [3.63, 3.8) is 0 Å². The molecule has 4 rings (SSSR count). The van der Waals surface area contributed by atoms with E-state index in [9.17, 15) is 8.78 Å². The summed E-state index contributed by atoms with van der Waals surface area (Å²) in [6, 6.07) is 11.2. The normalized spacial score (nSPS) is 27.0. The number of hydrogen-bond acceptors (Lipinski definition) is 1. The largest absolute Gasteiger partial charge is 0.494 e. The van der Waals surface area contributed by atoms with Gasteiger partial charge in [-0.1, -0.05) is 44.0 Å². The predicted molar refractivity (Wildman–Crippen MR) is 105 cm³/mol. The fourth-order valence-electron chi connectivity index (χ4n) is 5.68. The zero-order valence-electron chi connectivity index (χ0n) is 16.2. The fraction of sp³-hybridized carbons (Fsp3) is 0.500. The molecule has 144 valence electrons. The van der Waals surface area contributed by atoms with E-state index in [1.807, 2.05) is 12.1 Å². The molecule has 0 saturated heterocycles. The van der Waals surface area contributed by atoms with E-state index in [2.05, 4.69) is 19.1 Å². The van der Waals surface area contributed by atoms with Crippen LogP contribution in [0.3, 0.4) is 0 Å². The summed E-state index contributed by atoms with van der Waals surface area (Å²) in [6.45, 7) is 2.29. The summed E-state index contributed by atoms with van der Waals surface area (Å²) in [5, 5.41) is 0. The second-order valence-electron chi connectivity index (χ2n) is 8.20. The Morgan fingerprint density at radius 3 is 2.33 bits per heavy atom. The number of fused-ring (bicyclic) bond motifs is 1. The molecule has 2 aliphatic rings. The molecular weight excluding hydrogens is 342 g/mol. The Morgan fingerprint density at radius 2 is 1.63 bits per heavy atom. The maximum atomic E-state index is 14.4. The van der Waals surface area contributed by atoms with Crippen molar-refractivity contribution in [1.82, 2.24) is 0 Å². The molecule has 0 N–H and O–H groups in total. The van der Waals surface area contributed by atoms with Gasteiger partial charge in [0, 0.05) is 5.56 Å². The summed E-state index contributed by atoms with van der Waals surface area (Å²) in [6.07, 6.45) is 8.00. The summed E-state index contributed by atoms with van der Waals surface area (Å²) in [5.74, 6) is 1.41. The van der Waals surface area contributed by atoms with Crippen LogP contribution >= 0.6 is 0 Å². The molecule has 2 aliphatic carbocycles. The molecule has 2 saturated carbocycles. The number of benzene rings is 2. The predicted octanol–water partition coefficient (Wildman–Crippen LogP) is 6.96. The molecule has 0 radical (unpaired) electrons. The van der Waals surface area contributed by atoms with Gasteiger partial charge >= 0.3 is 0 Å². The SMILES string of the molecule is CCCC1CCC2C(c3ccc(-c4ccc(OC)c(F)c4F)cc3)CCC12. The molecule has 2 aromatic rings. The van der Waals surface area contributed by atoms with Gasteiger partial charge in [-0.2, -0.15) is 4.39 Å². The van der Waals surface area contributed by atoms with E-state index in [-0.39, 0.29) is 11.3 Å². The minimum absolute atomic E-state index is 0.0623. The Morgan fingerprint density at radius 1 is 0.889 bits per heavy atom. The van der Waals surface area contributed by atoms with Crippen molar-refractivity contribution in [2.45, 2.75) is 51.4 Å². The molecular formula is C24H28F2O. The van der Waals surface area contributed by atoms with E-state index in [0.717, 1.165) is 17.8 Å². The molecule has 2 fully saturated rings. The first-order valence-corrected chi connectivity index (χ1v) is 10.3. The number of hydrogen-bond donors (Lipinski definition) is 0. The van der Waals surface area contributed by atoms with Gasteiger partial charge in [0.05, 0.1) is 7.11 Å². The second kappa shape index (κ2) is 7.61. The van der Waals surface area contributed by atoms with Crippen LogP contribution in [0.4, 0.5) is 8.78 Å². The van der Waals surface area contributed by atoms with E-state index in [0.29, 0.717) is 11.5 Å². The summed E-state index contributed by atoms with van der Waals surface area (Å²) in [5.41, 5.74) is 2.36. The van der Waals surface area contributed by atoms with Crippen LogP contribution in [0.25, 0.3) is 11.1 Å². The molecule has 0 aliphatic heterocycles. The Balaban J connectivity index is 1.55. The molecule has 3 heteroatoms. The van der Waals surface area contributed by atoms with Crippen LogP contribution < -0.4 is 4.74 Å². The van der Waals surface area contributed by atoms with Crippen LogP contribution in [-0.4, -0.2) is 7.11 Å². The Labute approximate surface area is 160 Å². The molecule has 0 amide bonds. The lowest BCUT2D eigenvalue weighted by Crippen LogP contribution is -2.12. The van der Waals surface area contributed by atoms with Gasteiger partial charge in [0.25, 0.3) is 0 Å². The molecule has 4 atom stereocenters. The van der Waals surface area contributed by atoms with Crippen LogP contribution in [-0.2, 0) is 0 Å². The highest BCUT2D eigenvalue weighted by Crippen LogP contribution is 2.55. The third-order valence-electron chi connectivity index (χ3n) is 6.93. The van der Waals surface area contributed by atoms with Crippen molar-refractivity contribution in [1.29, 1.82) is 0 Å². The lowest BCUT2D eigenvalue weighted by Gasteiger charge is -2.21. The Kier molecular flexibility index (Phi) is 5.21. The minimum Gasteiger partial charge on any atom is -0.494 e. The number of methoxy groups -OCH3 is 1. The molecule has 27 heavy (non-hydrogen) atoms. The zero-order chi connectivity index (χ0) is 19.0. The van der Waals surface area contributed by atoms with Crippen molar-refractivity contribution in [3.8, 4) is 16.9 Å². The van der Waals surface area contributed by atoms with Crippen LogP contribution in [0, 0.1) is 29.4 Å². The summed E-state index contributed by atoms with van der Waals surface area (Å²) >= 11 is 0. The smallest absolute Gasteiger partial charge is 0.201 e. The summed E-state index contributed by atoms with van der Waals surface area (Å²) in [4.78, 5) is 0. The van der Waals surface area contributed by atoms with Gasteiger partial charge in [-0.15, -0.1) is 0 Å². The van der Waals surface area contributed by atoms with Crippen LogP contribution in [0.1, 0.15) is 56.9 Å². The maximum absolute atomic E-state index is 14.4. The van der Waals surface area contributed by atoms with Crippen molar-refractivity contribution < 1.29 is 13.5 Å². The minimum atomic E-state index is -0.925. The van der Waals surface area contributed by atoms with Crippen molar-refractivity contribution in [2.24, 2.45) is 17.8 Å². The lowest BCUT2D eigenvalue weighted by atomic mass is 9.84. The van der Waals surface area contributed by atoms with Gasteiger partial charge in [-0.3, -0.25) is 0 Å². The fourth-order valence-corrected chi connectivity index (χ4v) is 5.68. The van der Waals surface area contributed by atoms with Gasteiger partial charge in [0.2, 0.25) is 5.82 Å². The molecule has 0 aromatic heterocycles. The molecule has 0 heterocycles. The summed E-state index contributed by atoms with van der Waals surface area (Å²) in [7, 11) is 1.34. The molecule has 4 unspecified atom stereocenters. The van der Waals surface area contributed by atoms with E-state index in [4.69, 9.17) is 4.74 Å². The topological polar surface area (TPSA) is 9.23 Å². The molecule has 1 nitrogen and oxygen atoms in total. The van der Waals surface area contributed by atoms with Gasteiger partial charge in [0.1, 0.15) is 0 Å². The van der Waals surface area contributed by atoms with Crippen molar-refractivity contribution >= 4 is 0 Å². The van der Waals surface area contributed by atoms with Gasteiger partial charge in [-0.05, 0) is 72.6 Å². The van der Waals surface area contributed by atoms with Gasteiger partial charge in [-0.25, -0.2) is 4.39 Å². The van der Waals surface area contributed by atoms with Crippen molar-refractivity contribution in [2.75, 3.05) is 7.11 Å². The summed E-state index contributed by atoms with van der Waals surface area (Å²) < 4.78 is 33.2. The van der Waals surface area contributed by atoms with Crippen LogP contribution in [0.5, 0.6) is 5.75 Å². The Hall–Kier alpha value is -1.90. The van der Waals surface area contributed by atoms with Crippen LogP contribution in [0.2, 0.25) is 0 Å². The highest BCUT2D eigenvalue weighted by molar-refractivity contribution is 5.65. The number of halogens is 2. The highest BCUT2D eigenvalue weighted by atomic mass is 19.2. The van der Waals surface area contributed by atoms with Gasteiger partial charge in [0.15, 0.2) is 11.6 Å². The molecule has 2 aromatic carbocycles. The second-order valence-corrected chi connectivity index (χ2v) is 8.20. The third-order valence-corrected chi connectivity index (χ3v) is 6.93. The van der Waals surface area contributed by atoms with Crippen LogP contribution in [0.15, 0.2) is 36.4 Å². The maximum Gasteiger partial charge on any atom is 0.201 e. The average molecular weight is 370 g/mol. The van der Waals surface area contributed by atoms with E-state index in [1.54, 1.807) is 6.07 Å². The quantitative estimate of drug-likeness (QED) is 0.553. The van der Waals surface area contributed by atoms with E-state index >= 15 is 0 Å².